The van der Waals surface area contributed by atoms with Crippen LogP contribution in [0.2, 0.25) is 0 Å². The van der Waals surface area contributed by atoms with E-state index in [2.05, 4.69) is 12.2 Å². The van der Waals surface area contributed by atoms with Gasteiger partial charge < -0.3 is 15.0 Å². The van der Waals surface area contributed by atoms with E-state index in [9.17, 15) is 4.79 Å². The van der Waals surface area contributed by atoms with Crippen molar-refractivity contribution in [1.82, 2.24) is 10.2 Å². The molecule has 134 valence electrons. The lowest BCUT2D eigenvalue weighted by atomic mass is 10.0. The number of likely N-dealkylation sites (tertiary alicyclic amines) is 1. The van der Waals surface area contributed by atoms with Crippen LogP contribution in [0.15, 0.2) is 0 Å². The maximum Gasteiger partial charge on any atom is 0.410 e. The van der Waals surface area contributed by atoms with Crippen LogP contribution in [0, 0.1) is 0 Å². The van der Waals surface area contributed by atoms with Gasteiger partial charge in [0, 0.05) is 30.4 Å². The largest absolute Gasteiger partial charge is 0.444 e. The molecular formula is C18H34N2O2S. The van der Waals surface area contributed by atoms with Crippen LogP contribution < -0.4 is 5.32 Å². The smallest absolute Gasteiger partial charge is 0.410 e. The predicted octanol–water partition coefficient (Wildman–Crippen LogP) is 4.04. The summed E-state index contributed by atoms with van der Waals surface area (Å²) in [6.07, 6.45) is 6.80. The zero-order valence-electron chi connectivity index (χ0n) is 15.3. The number of hydrogen-bond donors (Lipinski definition) is 1. The van der Waals surface area contributed by atoms with E-state index in [-0.39, 0.29) is 6.09 Å². The number of carbonyl (C=O) groups is 1. The van der Waals surface area contributed by atoms with Crippen molar-refractivity contribution < 1.29 is 9.53 Å². The molecule has 0 aromatic heterocycles. The van der Waals surface area contributed by atoms with Gasteiger partial charge in [-0.25, -0.2) is 4.79 Å². The van der Waals surface area contributed by atoms with Gasteiger partial charge in [-0.15, -0.1) is 0 Å². The van der Waals surface area contributed by atoms with Gasteiger partial charge in [-0.2, -0.15) is 11.8 Å². The first-order chi connectivity index (χ1) is 10.8. The van der Waals surface area contributed by atoms with Crippen LogP contribution in [0.4, 0.5) is 4.79 Å². The molecule has 0 aromatic carbocycles. The molecule has 3 atom stereocenters. The van der Waals surface area contributed by atoms with E-state index in [1.807, 2.05) is 37.4 Å². The Hall–Kier alpha value is -0.420. The van der Waals surface area contributed by atoms with Crippen LogP contribution in [-0.4, -0.2) is 52.8 Å². The second-order valence-corrected chi connectivity index (χ2v) is 9.19. The lowest BCUT2D eigenvalue weighted by Crippen LogP contribution is -2.47. The van der Waals surface area contributed by atoms with Crippen molar-refractivity contribution in [3.63, 3.8) is 0 Å². The number of carbonyl (C=O) groups excluding carboxylic acids is 1. The highest BCUT2D eigenvalue weighted by molar-refractivity contribution is 7.99. The minimum absolute atomic E-state index is 0.131. The van der Waals surface area contributed by atoms with Crippen LogP contribution >= 0.6 is 11.8 Å². The van der Waals surface area contributed by atoms with Gasteiger partial charge in [-0.05, 0) is 59.1 Å². The number of ether oxygens (including phenoxy) is 1. The molecule has 0 saturated carbocycles. The lowest BCUT2D eigenvalue weighted by Gasteiger charge is -2.34. The van der Waals surface area contributed by atoms with E-state index < -0.39 is 5.60 Å². The van der Waals surface area contributed by atoms with Gasteiger partial charge >= 0.3 is 6.09 Å². The number of nitrogens with zero attached hydrogens (tertiary/aromatic N) is 1. The number of thioether (sulfide) groups is 1. The zero-order chi connectivity index (χ0) is 16.9. The van der Waals surface area contributed by atoms with Crippen LogP contribution in [0.1, 0.15) is 66.2 Å². The van der Waals surface area contributed by atoms with Crippen molar-refractivity contribution in [2.24, 2.45) is 0 Å². The molecule has 2 saturated heterocycles. The first kappa shape index (κ1) is 18.9. The summed E-state index contributed by atoms with van der Waals surface area (Å²) < 4.78 is 5.64. The summed E-state index contributed by atoms with van der Waals surface area (Å²) in [5, 5.41) is 3.75. The molecule has 3 unspecified atom stereocenters. The Kier molecular flexibility index (Phi) is 7.08. The van der Waals surface area contributed by atoms with Gasteiger partial charge in [-0.3, -0.25) is 0 Å². The molecule has 4 nitrogen and oxygen atoms in total. The van der Waals surface area contributed by atoms with Crippen LogP contribution in [0.3, 0.4) is 0 Å². The van der Waals surface area contributed by atoms with Crippen LogP contribution in [0.5, 0.6) is 0 Å². The van der Waals surface area contributed by atoms with Crippen molar-refractivity contribution in [3.05, 3.63) is 0 Å². The monoisotopic (exact) mass is 342 g/mol. The SMILES string of the molecule is CC(CC1CCCCCN1C(=O)OC(C)(C)C)NC1CCSC1. The average molecular weight is 343 g/mol. The Morgan fingerprint density at radius 1 is 1.30 bits per heavy atom. The van der Waals surface area contributed by atoms with E-state index in [1.54, 1.807) is 0 Å². The quantitative estimate of drug-likeness (QED) is 0.837. The van der Waals surface area contributed by atoms with Gasteiger partial charge in [0.05, 0.1) is 0 Å². The standard InChI is InChI=1S/C18H34N2O2S/c1-14(19-15-9-11-23-13-15)12-16-8-6-5-7-10-20(16)17(21)22-18(2,3)4/h14-16,19H,5-13H2,1-4H3. The second kappa shape index (κ2) is 8.61. The van der Waals surface area contributed by atoms with Crippen LogP contribution in [-0.2, 0) is 4.74 Å². The molecule has 2 aliphatic rings. The Labute approximate surface area is 146 Å². The molecule has 0 radical (unpaired) electrons. The Morgan fingerprint density at radius 2 is 2.09 bits per heavy atom. The molecule has 0 aliphatic carbocycles. The van der Waals surface area contributed by atoms with E-state index in [0.29, 0.717) is 18.1 Å². The lowest BCUT2D eigenvalue weighted by molar-refractivity contribution is 0.0149. The third-order valence-corrected chi connectivity index (χ3v) is 5.74. The summed E-state index contributed by atoms with van der Waals surface area (Å²) in [4.78, 5) is 14.6. The Balaban J connectivity index is 1.92. The first-order valence-corrected chi connectivity index (χ1v) is 10.3. The molecule has 1 N–H and O–H groups in total. The molecule has 5 heteroatoms. The summed E-state index contributed by atoms with van der Waals surface area (Å²) in [6.45, 7) is 8.94. The van der Waals surface area contributed by atoms with Gasteiger partial charge in [0.15, 0.2) is 0 Å². The van der Waals surface area contributed by atoms with Gasteiger partial charge in [0.2, 0.25) is 0 Å². The number of nitrogens with one attached hydrogen (secondary N) is 1. The highest BCUT2D eigenvalue weighted by atomic mass is 32.2. The van der Waals surface area contributed by atoms with E-state index in [1.165, 1.54) is 30.8 Å². The molecule has 1 amide bonds. The number of rotatable bonds is 4. The van der Waals surface area contributed by atoms with Crippen molar-refractivity contribution in [2.75, 3.05) is 18.1 Å². The normalized spacial score (nSPS) is 27.6. The van der Waals surface area contributed by atoms with Gasteiger partial charge in [0.25, 0.3) is 0 Å². The molecule has 2 heterocycles. The maximum atomic E-state index is 12.6. The third kappa shape index (κ3) is 6.54. The second-order valence-electron chi connectivity index (χ2n) is 8.04. The molecule has 0 bridgehead atoms. The Bertz CT molecular complexity index is 378. The topological polar surface area (TPSA) is 41.6 Å². The zero-order valence-corrected chi connectivity index (χ0v) is 16.1. The van der Waals surface area contributed by atoms with E-state index in [0.717, 1.165) is 25.8 Å². The van der Waals surface area contributed by atoms with Crippen molar-refractivity contribution >= 4 is 17.9 Å². The third-order valence-electron chi connectivity index (χ3n) is 4.58. The van der Waals surface area contributed by atoms with Crippen LogP contribution in [0.25, 0.3) is 0 Å². The fourth-order valence-corrected chi connectivity index (χ4v) is 4.69. The molecule has 0 spiro atoms. The molecule has 0 aromatic rings. The van der Waals surface area contributed by atoms with Crippen molar-refractivity contribution in [2.45, 2.75) is 89.9 Å². The van der Waals surface area contributed by atoms with Gasteiger partial charge in [-0.1, -0.05) is 12.8 Å². The summed E-state index contributed by atoms with van der Waals surface area (Å²) >= 11 is 2.04. The van der Waals surface area contributed by atoms with Crippen molar-refractivity contribution in [3.8, 4) is 0 Å². The van der Waals surface area contributed by atoms with E-state index in [4.69, 9.17) is 4.74 Å². The highest BCUT2D eigenvalue weighted by Gasteiger charge is 2.30. The Morgan fingerprint density at radius 3 is 2.74 bits per heavy atom. The average Bonchev–Trinajstić information content (AvgIpc) is 2.81. The summed E-state index contributed by atoms with van der Waals surface area (Å²) in [5.74, 6) is 2.50. The molecule has 2 fully saturated rings. The number of amides is 1. The minimum Gasteiger partial charge on any atom is -0.444 e. The fraction of sp³-hybridized carbons (Fsp3) is 0.944. The minimum atomic E-state index is -0.418. The summed E-state index contributed by atoms with van der Waals surface area (Å²) in [5.41, 5.74) is -0.418. The molecule has 2 aliphatic heterocycles. The first-order valence-electron chi connectivity index (χ1n) is 9.18. The van der Waals surface area contributed by atoms with Crippen molar-refractivity contribution in [1.29, 1.82) is 0 Å². The maximum absolute atomic E-state index is 12.6. The number of hydrogen-bond acceptors (Lipinski definition) is 4. The fourth-order valence-electron chi connectivity index (χ4n) is 3.53. The molecule has 23 heavy (non-hydrogen) atoms. The van der Waals surface area contributed by atoms with Gasteiger partial charge in [0.1, 0.15) is 5.60 Å². The summed E-state index contributed by atoms with van der Waals surface area (Å²) in [7, 11) is 0. The van der Waals surface area contributed by atoms with E-state index >= 15 is 0 Å². The molecule has 2 rings (SSSR count). The summed E-state index contributed by atoms with van der Waals surface area (Å²) in [6, 6.07) is 1.41. The highest BCUT2D eigenvalue weighted by Crippen LogP contribution is 2.24. The predicted molar refractivity (Wildman–Crippen MR) is 98.1 cm³/mol. The molecular weight excluding hydrogens is 308 g/mol.